The van der Waals surface area contributed by atoms with Gasteiger partial charge in [-0.1, -0.05) is 38.0 Å². The lowest BCUT2D eigenvalue weighted by Crippen LogP contribution is -2.34. The quantitative estimate of drug-likeness (QED) is 0.327. The van der Waals surface area contributed by atoms with E-state index in [1.54, 1.807) is 18.2 Å². The topological polar surface area (TPSA) is 87.8 Å². The second-order valence-electron chi connectivity index (χ2n) is 7.96. The van der Waals surface area contributed by atoms with Gasteiger partial charge in [-0.25, -0.2) is 13.2 Å². The first-order valence-corrected chi connectivity index (χ1v) is 12.3. The van der Waals surface area contributed by atoms with Crippen LogP contribution in [0.1, 0.15) is 42.9 Å². The molecule has 0 bridgehead atoms. The minimum atomic E-state index is -4.71. The third kappa shape index (κ3) is 6.05. The van der Waals surface area contributed by atoms with Crippen molar-refractivity contribution in [1.82, 2.24) is 4.31 Å². The Kier molecular flexibility index (Phi) is 8.17. The maximum atomic E-state index is 13.4. The fraction of sp³-hybridized carbons (Fsp3) is 0.375. The summed E-state index contributed by atoms with van der Waals surface area (Å²) < 4.78 is 72.2. The van der Waals surface area contributed by atoms with Gasteiger partial charge in [-0.05, 0) is 48.2 Å². The van der Waals surface area contributed by atoms with Crippen LogP contribution in [0.3, 0.4) is 0 Å². The van der Waals surface area contributed by atoms with E-state index in [9.17, 15) is 31.5 Å². The number of aliphatic hydroxyl groups excluding tert-OH is 1. The molecule has 34 heavy (non-hydrogen) atoms. The molecule has 184 valence electrons. The van der Waals surface area contributed by atoms with E-state index < -0.39 is 27.4 Å². The van der Waals surface area contributed by atoms with Gasteiger partial charge in [-0.3, -0.25) is 0 Å². The molecule has 10 heteroatoms. The highest BCUT2D eigenvalue weighted by molar-refractivity contribution is 7.89. The Bertz CT molecular complexity index is 1280. The summed E-state index contributed by atoms with van der Waals surface area (Å²) in [4.78, 5) is 11.6. The van der Waals surface area contributed by atoms with Crippen molar-refractivity contribution in [2.24, 2.45) is 0 Å². The van der Waals surface area contributed by atoms with E-state index in [0.29, 0.717) is 30.2 Å². The Hall–Kier alpha value is -2.69. The van der Waals surface area contributed by atoms with Gasteiger partial charge < -0.3 is 9.52 Å². The van der Waals surface area contributed by atoms with Crippen LogP contribution in [0.25, 0.3) is 11.0 Å². The maximum Gasteiger partial charge on any atom is 0.417 e. The van der Waals surface area contributed by atoms with Crippen LogP contribution in [0.4, 0.5) is 13.2 Å². The Morgan fingerprint density at radius 2 is 1.65 bits per heavy atom. The zero-order valence-electron chi connectivity index (χ0n) is 18.6. The van der Waals surface area contributed by atoms with Gasteiger partial charge in [-0.2, -0.15) is 17.5 Å². The normalized spacial score (nSPS) is 12.5. The van der Waals surface area contributed by atoms with Gasteiger partial charge in [0.25, 0.3) is 0 Å². The van der Waals surface area contributed by atoms with Gasteiger partial charge in [0, 0.05) is 24.5 Å². The fourth-order valence-corrected chi connectivity index (χ4v) is 5.19. The van der Waals surface area contributed by atoms with Gasteiger partial charge in [0.15, 0.2) is 0 Å². The SMILES string of the molecule is CCCCCN(CCO)S(=O)(=O)c1ccc(Cc2ccc3oc(=O)cc(C(F)(F)F)c3c2)cc1. The number of hydrogen-bond acceptors (Lipinski definition) is 5. The van der Waals surface area contributed by atoms with Crippen molar-refractivity contribution in [3.8, 4) is 0 Å². The molecule has 0 aliphatic carbocycles. The Labute approximate surface area is 195 Å². The minimum Gasteiger partial charge on any atom is -0.423 e. The highest BCUT2D eigenvalue weighted by Crippen LogP contribution is 2.34. The van der Waals surface area contributed by atoms with Gasteiger partial charge >= 0.3 is 11.8 Å². The molecule has 0 aliphatic rings. The maximum absolute atomic E-state index is 13.4. The number of halogens is 3. The third-order valence-corrected chi connectivity index (χ3v) is 7.35. The lowest BCUT2D eigenvalue weighted by atomic mass is 10.0. The van der Waals surface area contributed by atoms with Crippen LogP contribution in [0.5, 0.6) is 0 Å². The van der Waals surface area contributed by atoms with Crippen molar-refractivity contribution in [2.75, 3.05) is 19.7 Å². The van der Waals surface area contributed by atoms with E-state index in [1.165, 1.54) is 28.6 Å². The summed E-state index contributed by atoms with van der Waals surface area (Å²) >= 11 is 0. The summed E-state index contributed by atoms with van der Waals surface area (Å²) in [6.45, 7) is 2.04. The highest BCUT2D eigenvalue weighted by atomic mass is 32.2. The smallest absolute Gasteiger partial charge is 0.417 e. The largest absolute Gasteiger partial charge is 0.423 e. The van der Waals surface area contributed by atoms with Crippen LogP contribution in [0.15, 0.2) is 62.6 Å². The predicted octanol–water partition coefficient (Wildman–Crippen LogP) is 4.58. The number of sulfonamides is 1. The number of aliphatic hydroxyl groups is 1. The Morgan fingerprint density at radius 3 is 2.26 bits per heavy atom. The van der Waals surface area contributed by atoms with Gasteiger partial charge in [0.05, 0.1) is 17.1 Å². The van der Waals surface area contributed by atoms with Crippen LogP contribution in [0.2, 0.25) is 0 Å². The zero-order chi connectivity index (χ0) is 24.9. The Balaban J connectivity index is 1.85. The molecule has 1 heterocycles. The van der Waals surface area contributed by atoms with E-state index in [2.05, 4.69) is 0 Å². The van der Waals surface area contributed by atoms with Gasteiger partial charge in [-0.15, -0.1) is 0 Å². The summed E-state index contributed by atoms with van der Waals surface area (Å²) in [6, 6.07) is 10.8. The second-order valence-corrected chi connectivity index (χ2v) is 9.90. The third-order valence-electron chi connectivity index (χ3n) is 5.44. The van der Waals surface area contributed by atoms with E-state index >= 15 is 0 Å². The average Bonchev–Trinajstić information content (AvgIpc) is 2.78. The van der Waals surface area contributed by atoms with E-state index in [4.69, 9.17) is 4.42 Å². The molecule has 3 aromatic rings. The average molecular weight is 498 g/mol. The van der Waals surface area contributed by atoms with Crippen LogP contribution in [-0.4, -0.2) is 37.5 Å². The fourth-order valence-electron chi connectivity index (χ4n) is 3.72. The second kappa shape index (κ2) is 10.7. The first-order valence-electron chi connectivity index (χ1n) is 10.9. The van der Waals surface area contributed by atoms with Crippen LogP contribution in [-0.2, 0) is 22.6 Å². The Morgan fingerprint density at radius 1 is 0.971 bits per heavy atom. The first-order chi connectivity index (χ1) is 16.1. The van der Waals surface area contributed by atoms with Crippen molar-refractivity contribution in [1.29, 1.82) is 0 Å². The standard InChI is InChI=1S/C24H26F3NO5S/c1-2-3-4-11-28(12-13-29)34(31,32)19-8-5-17(6-9-19)14-18-7-10-22-20(15-18)21(24(25,26)27)16-23(30)33-22/h5-10,15-16,29H,2-4,11-14H2,1H3. The van der Waals surface area contributed by atoms with Crippen molar-refractivity contribution in [2.45, 2.75) is 43.7 Å². The zero-order valence-corrected chi connectivity index (χ0v) is 19.5. The summed E-state index contributed by atoms with van der Waals surface area (Å²) in [5, 5.41) is 9.06. The molecule has 0 fully saturated rings. The molecular weight excluding hydrogens is 471 g/mol. The number of alkyl halides is 3. The molecule has 0 amide bonds. The molecule has 0 spiro atoms. The molecule has 1 N–H and O–H groups in total. The van der Waals surface area contributed by atoms with E-state index in [1.807, 2.05) is 6.92 Å². The van der Waals surface area contributed by atoms with Crippen LogP contribution < -0.4 is 5.63 Å². The van der Waals surface area contributed by atoms with Crippen molar-refractivity contribution < 1.29 is 31.1 Å². The first kappa shape index (κ1) is 25.9. The van der Waals surface area contributed by atoms with Crippen molar-refractivity contribution >= 4 is 21.0 Å². The summed E-state index contributed by atoms with van der Waals surface area (Å²) in [5.74, 6) is 0. The number of hydrogen-bond donors (Lipinski definition) is 1. The number of unbranched alkanes of at least 4 members (excludes halogenated alkanes) is 2. The molecule has 0 atom stereocenters. The lowest BCUT2D eigenvalue weighted by molar-refractivity contribution is -0.136. The van der Waals surface area contributed by atoms with Crippen molar-refractivity contribution in [3.63, 3.8) is 0 Å². The van der Waals surface area contributed by atoms with Gasteiger partial charge in [0.2, 0.25) is 10.0 Å². The summed E-state index contributed by atoms with van der Waals surface area (Å²) in [5.41, 5.74) is -1.05. The number of benzene rings is 2. The molecule has 0 saturated heterocycles. The van der Waals surface area contributed by atoms with Crippen molar-refractivity contribution in [3.05, 3.63) is 75.6 Å². The van der Waals surface area contributed by atoms with Crippen LogP contribution >= 0.6 is 0 Å². The van der Waals surface area contributed by atoms with Gasteiger partial charge in [0.1, 0.15) is 5.58 Å². The highest BCUT2D eigenvalue weighted by Gasteiger charge is 2.34. The molecule has 0 aliphatic heterocycles. The molecule has 6 nitrogen and oxygen atoms in total. The number of fused-ring (bicyclic) bond motifs is 1. The molecule has 2 aromatic carbocycles. The monoisotopic (exact) mass is 497 g/mol. The number of nitrogens with zero attached hydrogens (tertiary/aromatic N) is 1. The summed E-state index contributed by atoms with van der Waals surface area (Å²) in [7, 11) is -3.78. The molecular formula is C24H26F3NO5S. The molecule has 0 saturated carbocycles. The predicted molar refractivity (Wildman–Crippen MR) is 122 cm³/mol. The summed E-state index contributed by atoms with van der Waals surface area (Å²) in [6.07, 6.45) is -1.95. The molecule has 1 aromatic heterocycles. The van der Waals surface area contributed by atoms with E-state index in [-0.39, 0.29) is 35.4 Å². The molecule has 0 unspecified atom stereocenters. The minimum absolute atomic E-state index is 0.00253. The molecule has 0 radical (unpaired) electrons. The number of rotatable bonds is 10. The van der Waals surface area contributed by atoms with Crippen LogP contribution in [0, 0.1) is 0 Å². The molecule has 3 rings (SSSR count). The lowest BCUT2D eigenvalue weighted by Gasteiger charge is -2.21. The van der Waals surface area contributed by atoms with E-state index in [0.717, 1.165) is 12.8 Å².